The van der Waals surface area contributed by atoms with E-state index in [9.17, 15) is 4.79 Å². The smallest absolute Gasteiger partial charge is 0.259 e. The Bertz CT molecular complexity index is 1290. The average molecular weight is 442 g/mol. The lowest BCUT2D eigenvalue weighted by Gasteiger charge is -2.11. The first-order valence-electron chi connectivity index (χ1n) is 10.7. The fraction of sp³-hybridized carbons (Fsp3) is 0.200. The second-order valence-electron chi connectivity index (χ2n) is 8.04. The van der Waals surface area contributed by atoms with Crippen molar-refractivity contribution in [2.75, 3.05) is 16.0 Å². The van der Waals surface area contributed by atoms with Gasteiger partial charge >= 0.3 is 0 Å². The van der Waals surface area contributed by atoms with E-state index in [1.165, 1.54) is 5.56 Å². The summed E-state index contributed by atoms with van der Waals surface area (Å²) in [6, 6.07) is 17.4. The Hall–Kier alpha value is -4.20. The summed E-state index contributed by atoms with van der Waals surface area (Å²) in [5.41, 5.74) is 6.65. The number of amides is 1. The molecule has 8 nitrogen and oxygen atoms in total. The van der Waals surface area contributed by atoms with Crippen molar-refractivity contribution in [3.8, 4) is 0 Å². The van der Waals surface area contributed by atoms with Crippen LogP contribution >= 0.6 is 0 Å². The van der Waals surface area contributed by atoms with Gasteiger partial charge in [0, 0.05) is 41.6 Å². The molecule has 2 aromatic heterocycles. The van der Waals surface area contributed by atoms with Gasteiger partial charge in [0.25, 0.3) is 5.91 Å². The van der Waals surface area contributed by atoms with E-state index in [-0.39, 0.29) is 5.91 Å². The molecule has 0 aliphatic carbocycles. The lowest BCUT2D eigenvalue weighted by atomic mass is 10.1. The van der Waals surface area contributed by atoms with E-state index >= 15 is 0 Å². The van der Waals surface area contributed by atoms with Gasteiger partial charge in [-0.3, -0.25) is 9.48 Å². The minimum atomic E-state index is -0.169. The number of benzene rings is 2. The van der Waals surface area contributed by atoms with Crippen LogP contribution in [0.25, 0.3) is 0 Å². The summed E-state index contributed by atoms with van der Waals surface area (Å²) in [6.45, 7) is 7.69. The van der Waals surface area contributed by atoms with Crippen LogP contribution in [0.2, 0.25) is 0 Å². The zero-order chi connectivity index (χ0) is 23.5. The average Bonchev–Trinajstić information content (AvgIpc) is 3.02. The van der Waals surface area contributed by atoms with Gasteiger partial charge < -0.3 is 16.0 Å². The van der Waals surface area contributed by atoms with Crippen molar-refractivity contribution in [1.82, 2.24) is 19.7 Å². The van der Waals surface area contributed by atoms with Crippen molar-refractivity contribution in [1.29, 1.82) is 0 Å². The molecule has 0 bridgehead atoms. The number of carbonyl (C=O) groups is 1. The first kappa shape index (κ1) is 22.0. The van der Waals surface area contributed by atoms with Crippen LogP contribution in [0.15, 0.2) is 54.6 Å². The predicted molar refractivity (Wildman–Crippen MR) is 132 cm³/mol. The summed E-state index contributed by atoms with van der Waals surface area (Å²) in [7, 11) is 1.83. The van der Waals surface area contributed by atoms with Crippen molar-refractivity contribution >= 4 is 34.7 Å². The second-order valence-corrected chi connectivity index (χ2v) is 8.04. The summed E-state index contributed by atoms with van der Waals surface area (Å²) in [4.78, 5) is 21.7. The molecule has 0 aliphatic rings. The Morgan fingerprint density at radius 2 is 1.42 bits per heavy atom. The number of hydrogen-bond acceptors (Lipinski definition) is 6. The number of carbonyl (C=O) groups excluding carboxylic acids is 1. The van der Waals surface area contributed by atoms with E-state index in [1.54, 1.807) is 4.68 Å². The number of anilines is 5. The first-order valence-corrected chi connectivity index (χ1v) is 10.7. The minimum Gasteiger partial charge on any atom is -0.340 e. The van der Waals surface area contributed by atoms with Crippen LogP contribution in [-0.4, -0.2) is 25.7 Å². The van der Waals surface area contributed by atoms with Gasteiger partial charge in [0.05, 0.1) is 11.3 Å². The van der Waals surface area contributed by atoms with Crippen molar-refractivity contribution in [3.05, 3.63) is 82.8 Å². The van der Waals surface area contributed by atoms with Crippen molar-refractivity contribution in [2.45, 2.75) is 27.7 Å². The molecule has 0 radical (unpaired) electrons. The maximum absolute atomic E-state index is 12.7. The van der Waals surface area contributed by atoms with Crippen molar-refractivity contribution in [3.63, 3.8) is 0 Å². The molecule has 33 heavy (non-hydrogen) atoms. The van der Waals surface area contributed by atoms with Crippen molar-refractivity contribution in [2.24, 2.45) is 7.05 Å². The molecular formula is C25H27N7O. The summed E-state index contributed by atoms with van der Waals surface area (Å²) in [5, 5.41) is 13.8. The Balaban J connectivity index is 1.45. The molecule has 4 aromatic rings. The van der Waals surface area contributed by atoms with Gasteiger partial charge in [-0.1, -0.05) is 17.7 Å². The Kier molecular flexibility index (Phi) is 6.08. The number of rotatable bonds is 6. The first-order chi connectivity index (χ1) is 15.8. The lowest BCUT2D eigenvalue weighted by Crippen LogP contribution is -2.14. The number of hydrogen-bond donors (Lipinski definition) is 3. The highest BCUT2D eigenvalue weighted by molar-refractivity contribution is 6.05. The molecule has 3 N–H and O–H groups in total. The van der Waals surface area contributed by atoms with Crippen LogP contribution in [0.1, 0.15) is 33.0 Å². The molecule has 0 aliphatic heterocycles. The normalized spacial score (nSPS) is 10.7. The summed E-state index contributed by atoms with van der Waals surface area (Å²) >= 11 is 0. The zero-order valence-electron chi connectivity index (χ0n) is 19.4. The van der Waals surface area contributed by atoms with Crippen LogP contribution in [0.5, 0.6) is 0 Å². The molecule has 0 saturated carbocycles. The highest BCUT2D eigenvalue weighted by Crippen LogP contribution is 2.22. The van der Waals surface area contributed by atoms with E-state index in [4.69, 9.17) is 0 Å². The largest absolute Gasteiger partial charge is 0.340 e. The van der Waals surface area contributed by atoms with Crippen LogP contribution in [0.4, 0.5) is 28.8 Å². The Labute approximate surface area is 193 Å². The van der Waals surface area contributed by atoms with Gasteiger partial charge in [-0.05, 0) is 64.1 Å². The standard InChI is InChI=1S/C25H27N7O/c1-15-6-8-21(9-7-15)29-25-26-16(2)14-22(30-25)27-19-10-12-20(13-11-19)28-24(33)23-17(3)31-32(5)18(23)4/h6-14H,1-5H3,(H,28,33)(H2,26,27,29,30). The molecule has 8 heteroatoms. The maximum atomic E-state index is 12.7. The number of aromatic nitrogens is 4. The third kappa shape index (κ3) is 5.17. The van der Waals surface area contributed by atoms with E-state index in [0.29, 0.717) is 28.7 Å². The molecule has 1 amide bonds. The predicted octanol–water partition coefficient (Wildman–Crippen LogP) is 5.18. The molecule has 0 unspecified atom stereocenters. The fourth-order valence-electron chi connectivity index (χ4n) is 3.54. The van der Waals surface area contributed by atoms with E-state index in [2.05, 4.69) is 31.0 Å². The second kappa shape index (κ2) is 9.12. The molecule has 0 spiro atoms. The van der Waals surface area contributed by atoms with E-state index < -0.39 is 0 Å². The molecule has 0 saturated heterocycles. The topological polar surface area (TPSA) is 96.8 Å². The Morgan fingerprint density at radius 1 is 0.818 bits per heavy atom. The van der Waals surface area contributed by atoms with Crippen LogP contribution < -0.4 is 16.0 Å². The van der Waals surface area contributed by atoms with Gasteiger partial charge in [-0.15, -0.1) is 0 Å². The van der Waals surface area contributed by atoms with Gasteiger partial charge in [0.2, 0.25) is 5.95 Å². The molecule has 2 heterocycles. The third-order valence-corrected chi connectivity index (χ3v) is 5.31. The molecule has 2 aromatic carbocycles. The molecule has 4 rings (SSSR count). The molecule has 0 fully saturated rings. The van der Waals surface area contributed by atoms with Crippen molar-refractivity contribution < 1.29 is 4.79 Å². The third-order valence-electron chi connectivity index (χ3n) is 5.31. The quantitative estimate of drug-likeness (QED) is 0.381. The summed E-state index contributed by atoms with van der Waals surface area (Å²) < 4.78 is 1.71. The van der Waals surface area contributed by atoms with E-state index in [1.807, 2.05) is 89.3 Å². The minimum absolute atomic E-state index is 0.169. The highest BCUT2D eigenvalue weighted by Gasteiger charge is 2.17. The Morgan fingerprint density at radius 3 is 2.06 bits per heavy atom. The lowest BCUT2D eigenvalue weighted by molar-refractivity contribution is 0.102. The highest BCUT2D eigenvalue weighted by atomic mass is 16.1. The molecule has 168 valence electrons. The van der Waals surface area contributed by atoms with Crippen LogP contribution in [0.3, 0.4) is 0 Å². The summed E-state index contributed by atoms with van der Waals surface area (Å²) in [5.74, 6) is 1.03. The summed E-state index contributed by atoms with van der Waals surface area (Å²) in [6.07, 6.45) is 0. The molecular weight excluding hydrogens is 414 g/mol. The maximum Gasteiger partial charge on any atom is 0.259 e. The zero-order valence-corrected chi connectivity index (χ0v) is 19.4. The fourth-order valence-corrected chi connectivity index (χ4v) is 3.54. The number of nitrogens with zero attached hydrogens (tertiary/aromatic N) is 4. The van der Waals surface area contributed by atoms with Gasteiger partial charge in [0.15, 0.2) is 0 Å². The van der Waals surface area contributed by atoms with Gasteiger partial charge in [0.1, 0.15) is 5.82 Å². The van der Waals surface area contributed by atoms with Crippen LogP contribution in [0, 0.1) is 27.7 Å². The van der Waals surface area contributed by atoms with Gasteiger partial charge in [-0.2, -0.15) is 10.1 Å². The number of nitrogens with one attached hydrogen (secondary N) is 3. The SMILES string of the molecule is Cc1ccc(Nc2nc(C)cc(Nc3ccc(NC(=O)c4c(C)nn(C)c4C)cc3)n2)cc1. The number of aryl methyl sites for hydroxylation is 4. The molecule has 0 atom stereocenters. The monoisotopic (exact) mass is 441 g/mol. The van der Waals surface area contributed by atoms with Gasteiger partial charge in [-0.25, -0.2) is 4.98 Å². The van der Waals surface area contributed by atoms with Crippen LogP contribution in [-0.2, 0) is 7.05 Å². The van der Waals surface area contributed by atoms with E-state index in [0.717, 1.165) is 22.8 Å².